The van der Waals surface area contributed by atoms with Crippen LogP contribution in [0.2, 0.25) is 5.02 Å². The van der Waals surface area contributed by atoms with Crippen molar-refractivity contribution >= 4 is 21.6 Å². The summed E-state index contributed by atoms with van der Waals surface area (Å²) in [7, 11) is -2.01. The van der Waals surface area contributed by atoms with E-state index in [1.54, 1.807) is 43.5 Å². The van der Waals surface area contributed by atoms with Gasteiger partial charge in [0, 0.05) is 18.7 Å². The maximum atomic E-state index is 12.2. The van der Waals surface area contributed by atoms with Crippen molar-refractivity contribution in [2.75, 3.05) is 33.5 Å². The van der Waals surface area contributed by atoms with E-state index in [2.05, 4.69) is 4.72 Å². The number of methoxy groups -OCH3 is 1. The van der Waals surface area contributed by atoms with E-state index in [0.717, 1.165) is 0 Å². The third-order valence-electron chi connectivity index (χ3n) is 3.17. The van der Waals surface area contributed by atoms with E-state index in [4.69, 9.17) is 25.8 Å². The van der Waals surface area contributed by atoms with E-state index in [1.807, 2.05) is 0 Å². The van der Waals surface area contributed by atoms with E-state index in [9.17, 15) is 8.42 Å². The molecule has 0 aliphatic heterocycles. The van der Waals surface area contributed by atoms with Crippen LogP contribution in [-0.2, 0) is 14.8 Å². The predicted molar refractivity (Wildman–Crippen MR) is 95.9 cm³/mol. The van der Waals surface area contributed by atoms with Crippen molar-refractivity contribution in [3.63, 3.8) is 0 Å². The number of sulfonamides is 1. The number of ether oxygens (including phenoxy) is 3. The minimum Gasteiger partial charge on any atom is -0.492 e. The maximum absolute atomic E-state index is 12.2. The van der Waals surface area contributed by atoms with Crippen molar-refractivity contribution in [2.24, 2.45) is 0 Å². The third-order valence-corrected chi connectivity index (χ3v) is 4.90. The molecule has 25 heavy (non-hydrogen) atoms. The van der Waals surface area contributed by atoms with Gasteiger partial charge in [0.15, 0.2) is 0 Å². The minimum atomic E-state index is -3.59. The van der Waals surface area contributed by atoms with Crippen LogP contribution in [0.3, 0.4) is 0 Å². The molecule has 0 heterocycles. The molecule has 0 fully saturated rings. The molecule has 2 rings (SSSR count). The standard InChI is InChI=1S/C17H20ClNO5S/c1-22-12-13-24-16-6-8-17(9-7-16)25(20,21)19-10-11-23-15-4-2-14(18)3-5-15/h2-9,19H,10-13H2,1H3. The predicted octanol–water partition coefficient (Wildman–Crippen LogP) is 2.72. The van der Waals surface area contributed by atoms with Crippen molar-refractivity contribution < 1.29 is 22.6 Å². The summed E-state index contributed by atoms with van der Waals surface area (Å²) >= 11 is 5.78. The average Bonchev–Trinajstić information content (AvgIpc) is 2.61. The Labute approximate surface area is 152 Å². The van der Waals surface area contributed by atoms with Gasteiger partial charge in [0.1, 0.15) is 24.7 Å². The summed E-state index contributed by atoms with van der Waals surface area (Å²) in [4.78, 5) is 0.165. The molecule has 0 bridgehead atoms. The van der Waals surface area contributed by atoms with E-state index in [1.165, 1.54) is 12.1 Å². The molecule has 0 aliphatic rings. The Bertz CT molecular complexity index is 748. The number of nitrogens with one attached hydrogen (secondary N) is 1. The summed E-state index contributed by atoms with van der Waals surface area (Å²) in [5.41, 5.74) is 0. The van der Waals surface area contributed by atoms with E-state index >= 15 is 0 Å². The average molecular weight is 386 g/mol. The lowest BCUT2D eigenvalue weighted by Crippen LogP contribution is -2.28. The van der Waals surface area contributed by atoms with E-state index in [-0.39, 0.29) is 18.0 Å². The van der Waals surface area contributed by atoms with E-state index in [0.29, 0.717) is 29.7 Å². The van der Waals surface area contributed by atoms with E-state index < -0.39 is 10.0 Å². The lowest BCUT2D eigenvalue weighted by Gasteiger charge is -2.10. The summed E-state index contributed by atoms with van der Waals surface area (Å²) in [5, 5.41) is 0.614. The molecule has 6 nitrogen and oxygen atoms in total. The zero-order valence-corrected chi connectivity index (χ0v) is 15.3. The van der Waals surface area contributed by atoms with Gasteiger partial charge in [-0.05, 0) is 48.5 Å². The first-order valence-electron chi connectivity index (χ1n) is 7.61. The van der Waals surface area contributed by atoms with Crippen molar-refractivity contribution in [2.45, 2.75) is 4.90 Å². The van der Waals surface area contributed by atoms with Gasteiger partial charge in [-0.2, -0.15) is 0 Å². The summed E-state index contributed by atoms with van der Waals surface area (Å²) in [6.45, 7) is 1.23. The molecule has 0 amide bonds. The lowest BCUT2D eigenvalue weighted by atomic mass is 10.3. The lowest BCUT2D eigenvalue weighted by molar-refractivity contribution is 0.146. The van der Waals surface area contributed by atoms with Gasteiger partial charge in [-0.25, -0.2) is 13.1 Å². The topological polar surface area (TPSA) is 73.9 Å². The Hall–Kier alpha value is -1.80. The number of rotatable bonds is 10. The van der Waals surface area contributed by atoms with Gasteiger partial charge in [0.2, 0.25) is 10.0 Å². The highest BCUT2D eigenvalue weighted by atomic mass is 35.5. The Balaban J connectivity index is 1.81. The molecule has 0 unspecified atom stereocenters. The fourth-order valence-electron chi connectivity index (χ4n) is 1.92. The summed E-state index contributed by atoms with van der Waals surface area (Å²) in [6, 6.07) is 13.0. The first-order valence-corrected chi connectivity index (χ1v) is 9.47. The number of hydrogen-bond acceptors (Lipinski definition) is 5. The zero-order chi connectivity index (χ0) is 18.1. The van der Waals surface area contributed by atoms with Crippen LogP contribution in [0.1, 0.15) is 0 Å². The number of halogens is 1. The fourth-order valence-corrected chi connectivity index (χ4v) is 3.06. The Kier molecular flexibility index (Phi) is 7.52. The normalized spacial score (nSPS) is 11.3. The molecule has 2 aromatic carbocycles. The zero-order valence-electron chi connectivity index (χ0n) is 13.8. The van der Waals surface area contributed by atoms with Crippen LogP contribution < -0.4 is 14.2 Å². The Morgan fingerprint density at radius 1 is 0.880 bits per heavy atom. The van der Waals surface area contributed by atoms with Crippen LogP contribution in [0.25, 0.3) is 0 Å². The summed E-state index contributed by atoms with van der Waals surface area (Å²) < 4.78 is 42.7. The van der Waals surface area contributed by atoms with Crippen molar-refractivity contribution in [3.05, 3.63) is 53.6 Å². The molecule has 8 heteroatoms. The van der Waals surface area contributed by atoms with Gasteiger partial charge in [0.25, 0.3) is 0 Å². The van der Waals surface area contributed by atoms with Gasteiger partial charge < -0.3 is 14.2 Å². The second kappa shape index (κ2) is 9.62. The Morgan fingerprint density at radius 2 is 1.44 bits per heavy atom. The highest BCUT2D eigenvalue weighted by Crippen LogP contribution is 2.17. The number of benzene rings is 2. The minimum absolute atomic E-state index is 0.150. The van der Waals surface area contributed by atoms with Crippen molar-refractivity contribution in [1.29, 1.82) is 0 Å². The quantitative estimate of drug-likeness (QED) is 0.636. The molecule has 0 aromatic heterocycles. The monoisotopic (exact) mass is 385 g/mol. The first-order chi connectivity index (χ1) is 12.0. The van der Waals surface area contributed by atoms with Gasteiger partial charge >= 0.3 is 0 Å². The molecule has 0 spiro atoms. The highest BCUT2D eigenvalue weighted by Gasteiger charge is 2.13. The summed E-state index contributed by atoms with van der Waals surface area (Å²) in [5.74, 6) is 1.21. The number of hydrogen-bond donors (Lipinski definition) is 1. The molecular formula is C17H20ClNO5S. The molecule has 0 saturated carbocycles. The fraction of sp³-hybridized carbons (Fsp3) is 0.294. The van der Waals surface area contributed by atoms with Crippen LogP contribution in [0.15, 0.2) is 53.4 Å². The van der Waals surface area contributed by atoms with Gasteiger partial charge in [0.05, 0.1) is 11.5 Å². The third kappa shape index (κ3) is 6.55. The van der Waals surface area contributed by atoms with Crippen LogP contribution in [-0.4, -0.2) is 41.9 Å². The molecule has 0 radical (unpaired) electrons. The second-order valence-corrected chi connectivity index (χ2v) is 7.22. The Morgan fingerprint density at radius 3 is 2.04 bits per heavy atom. The second-order valence-electron chi connectivity index (χ2n) is 5.01. The van der Waals surface area contributed by atoms with Crippen molar-refractivity contribution in [3.8, 4) is 11.5 Å². The van der Waals surface area contributed by atoms with Gasteiger partial charge in [-0.1, -0.05) is 11.6 Å². The highest BCUT2D eigenvalue weighted by molar-refractivity contribution is 7.89. The smallest absolute Gasteiger partial charge is 0.240 e. The molecule has 0 saturated heterocycles. The molecule has 2 aromatic rings. The molecular weight excluding hydrogens is 366 g/mol. The van der Waals surface area contributed by atoms with Gasteiger partial charge in [-0.15, -0.1) is 0 Å². The molecule has 0 aliphatic carbocycles. The van der Waals surface area contributed by atoms with Gasteiger partial charge in [-0.3, -0.25) is 0 Å². The van der Waals surface area contributed by atoms with Crippen LogP contribution in [0.5, 0.6) is 11.5 Å². The SMILES string of the molecule is COCCOc1ccc(S(=O)(=O)NCCOc2ccc(Cl)cc2)cc1. The molecule has 0 atom stereocenters. The largest absolute Gasteiger partial charge is 0.492 e. The molecule has 136 valence electrons. The summed E-state index contributed by atoms with van der Waals surface area (Å²) in [6.07, 6.45) is 0. The molecule has 1 N–H and O–H groups in total. The van der Waals surface area contributed by atoms with Crippen molar-refractivity contribution in [1.82, 2.24) is 4.72 Å². The van der Waals surface area contributed by atoms with Crippen LogP contribution >= 0.6 is 11.6 Å². The first kappa shape index (κ1) is 19.5. The van der Waals surface area contributed by atoms with Crippen LogP contribution in [0, 0.1) is 0 Å². The maximum Gasteiger partial charge on any atom is 0.240 e. The van der Waals surface area contributed by atoms with Crippen LogP contribution in [0.4, 0.5) is 0 Å².